The van der Waals surface area contributed by atoms with E-state index in [1.54, 1.807) is 17.9 Å². The van der Waals surface area contributed by atoms with E-state index >= 15 is 0 Å². The molecule has 102 valence electrons. The van der Waals surface area contributed by atoms with Gasteiger partial charge in [0.05, 0.1) is 6.54 Å². The summed E-state index contributed by atoms with van der Waals surface area (Å²) in [7, 11) is 1.59. The van der Waals surface area contributed by atoms with E-state index in [0.717, 1.165) is 10.0 Å². The molecular weight excluding hydrogens is 344 g/mol. The molecular formula is C13H10BrClN4O. The molecule has 0 amide bonds. The van der Waals surface area contributed by atoms with E-state index in [0.29, 0.717) is 17.6 Å². The van der Waals surface area contributed by atoms with E-state index in [9.17, 15) is 4.79 Å². The second-order valence-corrected chi connectivity index (χ2v) is 5.69. The molecule has 2 heterocycles. The van der Waals surface area contributed by atoms with Crippen LogP contribution >= 0.6 is 27.5 Å². The van der Waals surface area contributed by atoms with Gasteiger partial charge in [-0.3, -0.25) is 14.0 Å². The van der Waals surface area contributed by atoms with Crippen molar-refractivity contribution in [1.82, 2.24) is 19.3 Å². The molecule has 3 rings (SSSR count). The monoisotopic (exact) mass is 352 g/mol. The van der Waals surface area contributed by atoms with Gasteiger partial charge < -0.3 is 0 Å². The smallest absolute Gasteiger partial charge is 0.265 e. The van der Waals surface area contributed by atoms with Crippen molar-refractivity contribution < 1.29 is 0 Å². The summed E-state index contributed by atoms with van der Waals surface area (Å²) in [5, 5.41) is 4.89. The van der Waals surface area contributed by atoms with Crippen molar-refractivity contribution in [2.75, 3.05) is 0 Å². The summed E-state index contributed by atoms with van der Waals surface area (Å²) in [5.74, 6) is 0. The molecule has 0 aliphatic rings. The van der Waals surface area contributed by atoms with Crippen LogP contribution < -0.4 is 5.56 Å². The molecule has 0 aliphatic carbocycles. The Morgan fingerprint density at radius 2 is 2.00 bits per heavy atom. The topological polar surface area (TPSA) is 52.7 Å². The normalized spacial score (nSPS) is 11.2. The van der Waals surface area contributed by atoms with Gasteiger partial charge in [-0.15, -0.1) is 0 Å². The van der Waals surface area contributed by atoms with Crippen LogP contribution in [-0.4, -0.2) is 19.3 Å². The van der Waals surface area contributed by atoms with Crippen molar-refractivity contribution in [3.05, 3.63) is 56.1 Å². The van der Waals surface area contributed by atoms with Crippen molar-refractivity contribution in [1.29, 1.82) is 0 Å². The highest BCUT2D eigenvalue weighted by atomic mass is 79.9. The van der Waals surface area contributed by atoms with Crippen LogP contribution in [0.1, 0.15) is 5.56 Å². The van der Waals surface area contributed by atoms with Crippen LogP contribution in [0, 0.1) is 0 Å². The summed E-state index contributed by atoms with van der Waals surface area (Å²) in [6, 6.07) is 7.92. The number of hydrogen-bond donors (Lipinski definition) is 0. The maximum Gasteiger partial charge on any atom is 0.265 e. The van der Waals surface area contributed by atoms with Crippen molar-refractivity contribution >= 4 is 38.6 Å². The standard InChI is InChI=1S/C13H10BrClN4O/c1-18-12(20)10-7-19(17-11(10)16-13(18)15)6-8-2-4-9(14)5-3-8/h2-5,7H,6H2,1H3. The highest BCUT2D eigenvalue weighted by Crippen LogP contribution is 2.13. The fourth-order valence-electron chi connectivity index (χ4n) is 1.93. The minimum absolute atomic E-state index is 0.136. The molecule has 0 N–H and O–H groups in total. The van der Waals surface area contributed by atoms with Crippen LogP contribution in [0.5, 0.6) is 0 Å². The van der Waals surface area contributed by atoms with Gasteiger partial charge >= 0.3 is 0 Å². The summed E-state index contributed by atoms with van der Waals surface area (Å²) >= 11 is 9.27. The van der Waals surface area contributed by atoms with Gasteiger partial charge in [0.15, 0.2) is 5.65 Å². The quantitative estimate of drug-likeness (QED) is 0.666. The average Bonchev–Trinajstić information content (AvgIpc) is 2.81. The number of rotatable bonds is 2. The first-order chi connectivity index (χ1) is 9.54. The Kier molecular flexibility index (Phi) is 3.35. The lowest BCUT2D eigenvalue weighted by Crippen LogP contribution is -2.17. The Morgan fingerprint density at radius 1 is 1.30 bits per heavy atom. The highest BCUT2D eigenvalue weighted by molar-refractivity contribution is 9.10. The third-order valence-electron chi connectivity index (χ3n) is 3.01. The predicted molar refractivity (Wildman–Crippen MR) is 81.0 cm³/mol. The van der Waals surface area contributed by atoms with Crippen molar-refractivity contribution in [2.45, 2.75) is 6.54 Å². The number of nitrogens with zero attached hydrogens (tertiary/aromatic N) is 4. The summed E-state index contributed by atoms with van der Waals surface area (Å²) in [6.07, 6.45) is 1.70. The molecule has 0 radical (unpaired) electrons. The van der Waals surface area contributed by atoms with E-state index in [1.807, 2.05) is 24.3 Å². The maximum atomic E-state index is 12.0. The molecule has 0 aliphatic heterocycles. The largest absolute Gasteiger partial charge is 0.286 e. The molecule has 0 spiro atoms. The molecule has 0 saturated carbocycles. The summed E-state index contributed by atoms with van der Waals surface area (Å²) < 4.78 is 4.02. The molecule has 0 bridgehead atoms. The van der Waals surface area contributed by atoms with Gasteiger partial charge in [0.1, 0.15) is 5.39 Å². The van der Waals surface area contributed by atoms with Gasteiger partial charge in [-0.25, -0.2) is 0 Å². The first-order valence-corrected chi connectivity index (χ1v) is 7.06. The Morgan fingerprint density at radius 3 is 2.70 bits per heavy atom. The van der Waals surface area contributed by atoms with Crippen molar-refractivity contribution in [3.63, 3.8) is 0 Å². The molecule has 7 heteroatoms. The molecule has 3 aromatic rings. The maximum absolute atomic E-state index is 12.0. The zero-order chi connectivity index (χ0) is 14.3. The van der Waals surface area contributed by atoms with Gasteiger partial charge in [0, 0.05) is 17.7 Å². The summed E-state index contributed by atoms with van der Waals surface area (Å²) in [6.45, 7) is 0.574. The van der Waals surface area contributed by atoms with Gasteiger partial charge in [-0.05, 0) is 29.3 Å². The Hall–Kier alpha value is -1.66. The summed E-state index contributed by atoms with van der Waals surface area (Å²) in [5.41, 5.74) is 1.26. The minimum Gasteiger partial charge on any atom is -0.286 e. The van der Waals surface area contributed by atoms with Crippen LogP contribution in [0.2, 0.25) is 5.28 Å². The molecule has 0 fully saturated rings. The lowest BCUT2D eigenvalue weighted by atomic mass is 10.2. The predicted octanol–water partition coefficient (Wildman–Crippen LogP) is 2.59. The molecule has 2 aromatic heterocycles. The highest BCUT2D eigenvalue weighted by Gasteiger charge is 2.10. The lowest BCUT2D eigenvalue weighted by Gasteiger charge is -2.01. The average molecular weight is 354 g/mol. The first kappa shape index (κ1) is 13.3. The van der Waals surface area contributed by atoms with Gasteiger partial charge in [-0.1, -0.05) is 28.1 Å². The Labute approximate surface area is 127 Å². The molecule has 1 aromatic carbocycles. The number of fused-ring (bicyclic) bond motifs is 1. The van der Waals surface area contributed by atoms with E-state index in [-0.39, 0.29) is 10.8 Å². The second kappa shape index (κ2) is 5.03. The zero-order valence-electron chi connectivity index (χ0n) is 10.5. The van der Waals surface area contributed by atoms with Crippen LogP contribution in [0.3, 0.4) is 0 Å². The van der Waals surface area contributed by atoms with Crippen LogP contribution in [0.4, 0.5) is 0 Å². The van der Waals surface area contributed by atoms with Gasteiger partial charge in [0.2, 0.25) is 5.28 Å². The SMILES string of the molecule is Cn1c(Cl)nc2nn(Cc3ccc(Br)cc3)cc2c1=O. The zero-order valence-corrected chi connectivity index (χ0v) is 12.9. The fraction of sp³-hybridized carbons (Fsp3) is 0.154. The second-order valence-electron chi connectivity index (χ2n) is 4.44. The van der Waals surface area contributed by atoms with E-state index in [4.69, 9.17) is 11.6 Å². The number of benzene rings is 1. The molecule has 0 saturated heterocycles. The summed E-state index contributed by atoms with van der Waals surface area (Å²) in [4.78, 5) is 16.1. The Bertz CT molecular complexity index is 838. The van der Waals surface area contributed by atoms with E-state index in [1.165, 1.54) is 4.57 Å². The molecule has 5 nitrogen and oxygen atoms in total. The fourth-order valence-corrected chi connectivity index (χ4v) is 2.35. The Balaban J connectivity index is 2.03. The molecule has 0 atom stereocenters. The number of hydrogen-bond acceptors (Lipinski definition) is 3. The third-order valence-corrected chi connectivity index (χ3v) is 3.88. The van der Waals surface area contributed by atoms with E-state index in [2.05, 4.69) is 26.0 Å². The molecule has 20 heavy (non-hydrogen) atoms. The van der Waals surface area contributed by atoms with Crippen LogP contribution in [0.25, 0.3) is 11.0 Å². The van der Waals surface area contributed by atoms with Crippen LogP contribution in [-0.2, 0) is 13.6 Å². The van der Waals surface area contributed by atoms with Crippen molar-refractivity contribution in [3.8, 4) is 0 Å². The van der Waals surface area contributed by atoms with Gasteiger partial charge in [0.25, 0.3) is 5.56 Å². The minimum atomic E-state index is -0.193. The number of halogens is 2. The number of aromatic nitrogens is 4. The van der Waals surface area contributed by atoms with E-state index < -0.39 is 0 Å². The first-order valence-electron chi connectivity index (χ1n) is 5.89. The van der Waals surface area contributed by atoms with Crippen molar-refractivity contribution in [2.24, 2.45) is 7.05 Å². The lowest BCUT2D eigenvalue weighted by molar-refractivity contribution is 0.693. The van der Waals surface area contributed by atoms with Crippen LogP contribution in [0.15, 0.2) is 39.7 Å². The third kappa shape index (κ3) is 2.36. The van der Waals surface area contributed by atoms with Gasteiger partial charge in [-0.2, -0.15) is 10.1 Å². The molecule has 0 unspecified atom stereocenters.